The van der Waals surface area contributed by atoms with Crippen LogP contribution in [0.25, 0.3) is 0 Å². The smallest absolute Gasteiger partial charge is 0.490 e. The van der Waals surface area contributed by atoms with Crippen molar-refractivity contribution in [2.45, 2.75) is 44.9 Å². The average Bonchev–Trinajstić information content (AvgIpc) is 3.51. The molecule has 0 saturated carbocycles. The molecule has 2 aliphatic rings. The molecular formula is C34H36F3N5O6. The van der Waals surface area contributed by atoms with Gasteiger partial charge in [-0.2, -0.15) is 0 Å². The zero-order valence-electron chi connectivity index (χ0n) is 26.3. The molecule has 14 heteroatoms. The predicted octanol–water partition coefficient (Wildman–Crippen LogP) is 6.85. The van der Waals surface area contributed by atoms with E-state index in [0.29, 0.717) is 31.2 Å². The zero-order valence-corrected chi connectivity index (χ0v) is 26.3. The highest BCUT2D eigenvalue weighted by atomic mass is 19.4. The molecule has 0 amide bonds. The number of fused-ring (bicyclic) bond motifs is 1. The number of nitrogens with zero attached hydrogens (tertiary/aromatic N) is 5. The molecule has 2 aliphatic heterocycles. The number of benzene rings is 3. The van der Waals surface area contributed by atoms with Crippen LogP contribution in [0.5, 0.6) is 23.3 Å². The molecule has 3 heterocycles. The lowest BCUT2D eigenvalue weighted by Gasteiger charge is -2.35. The van der Waals surface area contributed by atoms with Gasteiger partial charge in [0.1, 0.15) is 42.8 Å². The van der Waals surface area contributed by atoms with E-state index in [1.807, 2.05) is 36.4 Å². The SMILES string of the molecule is CN(CC1CCN(c2ccc(OC[C@@H]3CCn4cc([N+](=O)[O-])nc4O3)cc2)CC1)c1ccc(OCc2ccc(OC(F)(F)F)cc2)cc1. The minimum absolute atomic E-state index is 0.218. The van der Waals surface area contributed by atoms with Crippen molar-refractivity contribution in [2.24, 2.45) is 5.92 Å². The number of alkyl halides is 3. The lowest BCUT2D eigenvalue weighted by atomic mass is 9.95. The van der Waals surface area contributed by atoms with Crippen LogP contribution in [-0.4, -0.2) is 60.2 Å². The van der Waals surface area contributed by atoms with Gasteiger partial charge in [0.25, 0.3) is 0 Å². The van der Waals surface area contributed by atoms with E-state index in [4.69, 9.17) is 14.2 Å². The first-order valence-corrected chi connectivity index (χ1v) is 15.7. The number of ether oxygens (including phenoxy) is 4. The van der Waals surface area contributed by atoms with E-state index in [0.717, 1.165) is 55.2 Å². The number of rotatable bonds is 12. The van der Waals surface area contributed by atoms with Crippen molar-refractivity contribution in [3.63, 3.8) is 0 Å². The topological polar surface area (TPSA) is 104 Å². The summed E-state index contributed by atoms with van der Waals surface area (Å²) in [6.45, 7) is 4.01. The third kappa shape index (κ3) is 8.60. The van der Waals surface area contributed by atoms with E-state index in [1.54, 1.807) is 16.7 Å². The number of aromatic nitrogens is 2. The van der Waals surface area contributed by atoms with Gasteiger partial charge in [0.2, 0.25) is 0 Å². The lowest BCUT2D eigenvalue weighted by molar-refractivity contribution is -0.389. The summed E-state index contributed by atoms with van der Waals surface area (Å²) in [7, 11) is 2.09. The first kappa shape index (κ1) is 32.8. The average molecular weight is 668 g/mol. The number of halogens is 3. The van der Waals surface area contributed by atoms with Crippen molar-refractivity contribution < 1.29 is 37.0 Å². The maximum absolute atomic E-state index is 12.4. The van der Waals surface area contributed by atoms with Gasteiger partial charge in [-0.15, -0.1) is 13.2 Å². The van der Waals surface area contributed by atoms with Crippen molar-refractivity contribution in [3.05, 3.63) is 94.7 Å². The van der Waals surface area contributed by atoms with Crippen LogP contribution < -0.4 is 28.7 Å². The van der Waals surface area contributed by atoms with Crippen LogP contribution in [0.15, 0.2) is 79.0 Å². The van der Waals surface area contributed by atoms with Gasteiger partial charge in [-0.05, 0) is 89.9 Å². The standard InChI is InChI=1S/C34H36F3N5O6/c1-39(26-4-10-28(11-5-26)45-22-25-2-8-30(9-3-25)48-34(35,36)37)20-24-14-17-40(18-15-24)27-6-12-29(13-7-27)46-23-31-16-19-41-21-32(42(43)44)38-33(41)47-31/h2-13,21,24,31H,14-20,22-23H2,1H3/t31-/m0/s1. The molecule has 0 N–H and O–H groups in total. The van der Waals surface area contributed by atoms with Crippen molar-refractivity contribution in [2.75, 3.05) is 43.1 Å². The van der Waals surface area contributed by atoms with Gasteiger partial charge in [-0.3, -0.25) is 4.57 Å². The van der Waals surface area contributed by atoms with Crippen LogP contribution in [0.4, 0.5) is 30.4 Å². The van der Waals surface area contributed by atoms with E-state index in [2.05, 4.69) is 38.7 Å². The van der Waals surface area contributed by atoms with Gasteiger partial charge in [0.15, 0.2) is 0 Å². The fraction of sp³-hybridized carbons (Fsp3) is 0.382. The molecule has 48 heavy (non-hydrogen) atoms. The minimum atomic E-state index is -4.71. The van der Waals surface area contributed by atoms with E-state index in [-0.39, 0.29) is 30.3 Å². The molecular weight excluding hydrogens is 631 g/mol. The first-order chi connectivity index (χ1) is 23.1. The summed E-state index contributed by atoms with van der Waals surface area (Å²) in [5.41, 5.74) is 2.97. The molecule has 1 fully saturated rings. The molecule has 0 aliphatic carbocycles. The maximum atomic E-state index is 12.4. The van der Waals surface area contributed by atoms with E-state index in [1.165, 1.54) is 18.3 Å². The predicted molar refractivity (Wildman–Crippen MR) is 172 cm³/mol. The van der Waals surface area contributed by atoms with E-state index in [9.17, 15) is 23.3 Å². The Morgan fingerprint density at radius 3 is 2.23 bits per heavy atom. The number of nitro groups is 1. The Bertz CT molecular complexity index is 1660. The number of aryl methyl sites for hydroxylation is 1. The summed E-state index contributed by atoms with van der Waals surface area (Å²) in [6, 6.07) is 21.8. The molecule has 0 unspecified atom stereocenters. The molecule has 1 saturated heterocycles. The fourth-order valence-electron chi connectivity index (χ4n) is 5.90. The van der Waals surface area contributed by atoms with Crippen LogP contribution in [0.1, 0.15) is 24.8 Å². The van der Waals surface area contributed by atoms with Gasteiger partial charge < -0.3 is 38.9 Å². The molecule has 0 spiro atoms. The number of imidazole rings is 1. The number of anilines is 2. The first-order valence-electron chi connectivity index (χ1n) is 15.7. The zero-order chi connectivity index (χ0) is 33.7. The van der Waals surface area contributed by atoms with Gasteiger partial charge in [0, 0.05) is 56.0 Å². The van der Waals surface area contributed by atoms with Gasteiger partial charge in [-0.25, -0.2) is 0 Å². The van der Waals surface area contributed by atoms with Crippen LogP contribution in [-0.2, 0) is 13.2 Å². The van der Waals surface area contributed by atoms with Crippen LogP contribution >= 0.6 is 0 Å². The van der Waals surface area contributed by atoms with Crippen LogP contribution in [0, 0.1) is 16.0 Å². The summed E-state index contributed by atoms with van der Waals surface area (Å²) < 4.78 is 60.2. The van der Waals surface area contributed by atoms with Crippen molar-refractivity contribution in [1.29, 1.82) is 0 Å². The molecule has 1 atom stereocenters. The second kappa shape index (κ2) is 14.3. The highest BCUT2D eigenvalue weighted by molar-refractivity contribution is 5.50. The van der Waals surface area contributed by atoms with Crippen molar-refractivity contribution in [3.8, 4) is 23.3 Å². The van der Waals surface area contributed by atoms with E-state index >= 15 is 0 Å². The molecule has 0 bridgehead atoms. The molecule has 0 radical (unpaired) electrons. The number of piperidine rings is 1. The van der Waals surface area contributed by atoms with Gasteiger partial charge >= 0.3 is 18.2 Å². The largest absolute Gasteiger partial charge is 0.573 e. The summed E-state index contributed by atoms with van der Waals surface area (Å²) >= 11 is 0. The summed E-state index contributed by atoms with van der Waals surface area (Å²) in [4.78, 5) is 19.0. The highest BCUT2D eigenvalue weighted by Crippen LogP contribution is 2.29. The van der Waals surface area contributed by atoms with Crippen LogP contribution in [0.3, 0.4) is 0 Å². The third-order valence-corrected chi connectivity index (χ3v) is 8.50. The Morgan fingerprint density at radius 2 is 1.56 bits per heavy atom. The highest BCUT2D eigenvalue weighted by Gasteiger charge is 2.31. The molecule has 4 aromatic rings. The second-order valence-electron chi connectivity index (χ2n) is 12.0. The summed E-state index contributed by atoms with van der Waals surface area (Å²) in [5.74, 6) is 1.49. The Labute approximate surface area is 275 Å². The molecule has 1 aromatic heterocycles. The third-order valence-electron chi connectivity index (χ3n) is 8.50. The Hall–Kier alpha value is -5.14. The second-order valence-corrected chi connectivity index (χ2v) is 12.0. The normalized spacial score (nSPS) is 16.5. The van der Waals surface area contributed by atoms with Crippen molar-refractivity contribution >= 4 is 17.2 Å². The summed E-state index contributed by atoms with van der Waals surface area (Å²) in [6.07, 6.45) is -0.731. The van der Waals surface area contributed by atoms with E-state index < -0.39 is 11.3 Å². The Kier molecular flexibility index (Phi) is 9.78. The van der Waals surface area contributed by atoms with Crippen LogP contribution in [0.2, 0.25) is 0 Å². The molecule has 11 nitrogen and oxygen atoms in total. The number of hydrogen-bond donors (Lipinski definition) is 0. The monoisotopic (exact) mass is 667 g/mol. The molecule has 254 valence electrons. The maximum Gasteiger partial charge on any atom is 0.573 e. The Morgan fingerprint density at radius 1 is 0.917 bits per heavy atom. The van der Waals surface area contributed by atoms with Crippen molar-refractivity contribution in [1.82, 2.24) is 9.55 Å². The van der Waals surface area contributed by atoms with Gasteiger partial charge in [0.05, 0.1) is 0 Å². The molecule has 3 aromatic carbocycles. The van der Waals surface area contributed by atoms with Gasteiger partial charge in [-0.1, -0.05) is 12.1 Å². The minimum Gasteiger partial charge on any atom is -0.490 e. The fourth-order valence-corrected chi connectivity index (χ4v) is 5.90. The Balaban J connectivity index is 0.904. The number of hydrogen-bond acceptors (Lipinski definition) is 9. The quantitative estimate of drug-likeness (QED) is 0.119. The lowest BCUT2D eigenvalue weighted by Crippen LogP contribution is -2.37. The summed E-state index contributed by atoms with van der Waals surface area (Å²) in [5, 5.41) is 11.0. The molecule has 6 rings (SSSR count).